The van der Waals surface area contributed by atoms with Crippen molar-refractivity contribution in [2.24, 2.45) is 5.10 Å². The molecule has 0 unspecified atom stereocenters. The SMILES string of the molecule is COc1ccc(/C(C)=N/NC(=O)c2cccc(S(=O)(=O)N3CCCC3)c2)cc1. The van der Waals surface area contributed by atoms with Crippen molar-refractivity contribution in [1.82, 2.24) is 9.73 Å². The molecule has 0 radical (unpaired) electrons. The lowest BCUT2D eigenvalue weighted by Crippen LogP contribution is -2.28. The fraction of sp³-hybridized carbons (Fsp3) is 0.300. The quantitative estimate of drug-likeness (QED) is 0.595. The second kappa shape index (κ2) is 8.53. The normalized spacial score (nSPS) is 15.4. The first-order valence-electron chi connectivity index (χ1n) is 9.01. The smallest absolute Gasteiger partial charge is 0.271 e. The van der Waals surface area contributed by atoms with Crippen molar-refractivity contribution in [3.63, 3.8) is 0 Å². The minimum Gasteiger partial charge on any atom is -0.497 e. The summed E-state index contributed by atoms with van der Waals surface area (Å²) >= 11 is 0. The zero-order chi connectivity index (χ0) is 20.1. The van der Waals surface area contributed by atoms with E-state index in [2.05, 4.69) is 10.5 Å². The highest BCUT2D eigenvalue weighted by Crippen LogP contribution is 2.21. The van der Waals surface area contributed by atoms with Crippen LogP contribution in [0.5, 0.6) is 5.75 Å². The largest absolute Gasteiger partial charge is 0.497 e. The summed E-state index contributed by atoms with van der Waals surface area (Å²) in [4.78, 5) is 12.6. The molecule has 0 aromatic heterocycles. The summed E-state index contributed by atoms with van der Waals surface area (Å²) in [5.41, 5.74) is 4.19. The average Bonchev–Trinajstić information content (AvgIpc) is 3.27. The van der Waals surface area contributed by atoms with Gasteiger partial charge in [-0.1, -0.05) is 6.07 Å². The van der Waals surface area contributed by atoms with Gasteiger partial charge < -0.3 is 4.74 Å². The van der Waals surface area contributed by atoms with Crippen molar-refractivity contribution < 1.29 is 17.9 Å². The van der Waals surface area contributed by atoms with E-state index in [9.17, 15) is 13.2 Å². The molecule has 0 atom stereocenters. The summed E-state index contributed by atoms with van der Waals surface area (Å²) in [6, 6.07) is 13.3. The Kier molecular flexibility index (Phi) is 6.11. The molecule has 1 N–H and O–H groups in total. The highest BCUT2D eigenvalue weighted by atomic mass is 32.2. The topological polar surface area (TPSA) is 88.1 Å². The monoisotopic (exact) mass is 401 g/mol. The first-order chi connectivity index (χ1) is 13.4. The van der Waals surface area contributed by atoms with E-state index >= 15 is 0 Å². The van der Waals surface area contributed by atoms with Crippen molar-refractivity contribution in [3.8, 4) is 5.75 Å². The maximum Gasteiger partial charge on any atom is 0.271 e. The lowest BCUT2D eigenvalue weighted by molar-refractivity contribution is 0.0954. The van der Waals surface area contributed by atoms with Gasteiger partial charge in [-0.25, -0.2) is 13.8 Å². The number of amides is 1. The van der Waals surface area contributed by atoms with E-state index in [1.807, 2.05) is 24.3 Å². The lowest BCUT2D eigenvalue weighted by atomic mass is 10.1. The third-order valence-electron chi connectivity index (χ3n) is 4.63. The first kappa shape index (κ1) is 20.0. The second-order valence-corrected chi connectivity index (χ2v) is 8.44. The molecule has 1 amide bonds. The first-order valence-corrected chi connectivity index (χ1v) is 10.4. The van der Waals surface area contributed by atoms with Crippen LogP contribution >= 0.6 is 0 Å². The number of carbonyl (C=O) groups excluding carboxylic acids is 1. The van der Waals surface area contributed by atoms with Gasteiger partial charge in [0, 0.05) is 18.7 Å². The van der Waals surface area contributed by atoms with Gasteiger partial charge >= 0.3 is 0 Å². The Bertz CT molecular complexity index is 979. The number of hydrazone groups is 1. The molecule has 0 spiro atoms. The molecule has 3 rings (SSSR count). The van der Waals surface area contributed by atoms with Crippen LogP contribution in [0.1, 0.15) is 35.7 Å². The number of sulfonamides is 1. The van der Waals surface area contributed by atoms with Crippen LogP contribution in [0, 0.1) is 0 Å². The zero-order valence-corrected chi connectivity index (χ0v) is 16.7. The van der Waals surface area contributed by atoms with Crippen LogP contribution in [0.3, 0.4) is 0 Å². The number of nitrogens with zero attached hydrogens (tertiary/aromatic N) is 2. The summed E-state index contributed by atoms with van der Waals surface area (Å²) in [5.74, 6) is 0.267. The standard InChI is InChI=1S/C20H23N3O4S/c1-15(16-8-10-18(27-2)11-9-16)21-22-20(24)17-6-5-7-19(14-17)28(25,26)23-12-3-4-13-23/h5-11,14H,3-4,12-13H2,1-2H3,(H,22,24)/b21-15+. The van der Waals surface area contributed by atoms with Crippen molar-refractivity contribution in [2.45, 2.75) is 24.7 Å². The molecular weight excluding hydrogens is 378 g/mol. The molecule has 28 heavy (non-hydrogen) atoms. The molecule has 1 aliphatic rings. The van der Waals surface area contributed by atoms with Crippen molar-refractivity contribution in [3.05, 3.63) is 59.7 Å². The van der Waals surface area contributed by atoms with Gasteiger partial charge in [-0.05, 0) is 67.8 Å². The van der Waals surface area contributed by atoms with Gasteiger partial charge in [-0.3, -0.25) is 4.79 Å². The van der Waals surface area contributed by atoms with Gasteiger partial charge in [0.05, 0.1) is 17.7 Å². The van der Waals surface area contributed by atoms with Crippen molar-refractivity contribution in [2.75, 3.05) is 20.2 Å². The Labute approximate surface area is 165 Å². The Morgan fingerprint density at radius 3 is 2.39 bits per heavy atom. The molecule has 0 saturated carbocycles. The summed E-state index contributed by atoms with van der Waals surface area (Å²) in [6.07, 6.45) is 1.72. The minimum absolute atomic E-state index is 0.123. The predicted octanol–water partition coefficient (Wildman–Crippen LogP) is 2.63. The molecule has 148 valence electrons. The summed E-state index contributed by atoms with van der Waals surface area (Å²) in [6.45, 7) is 2.81. The predicted molar refractivity (Wildman–Crippen MR) is 107 cm³/mol. The lowest BCUT2D eigenvalue weighted by Gasteiger charge is -2.15. The fourth-order valence-corrected chi connectivity index (χ4v) is 4.53. The van der Waals surface area contributed by atoms with E-state index in [4.69, 9.17) is 4.74 Å². The number of methoxy groups -OCH3 is 1. The summed E-state index contributed by atoms with van der Waals surface area (Å²) < 4.78 is 31.9. The van der Waals surface area contributed by atoms with Gasteiger partial charge in [0.15, 0.2) is 0 Å². The van der Waals surface area contributed by atoms with Crippen LogP contribution in [-0.4, -0.2) is 44.5 Å². The molecular formula is C20H23N3O4S. The molecule has 0 aliphatic carbocycles. The highest BCUT2D eigenvalue weighted by Gasteiger charge is 2.27. The van der Waals surface area contributed by atoms with E-state index < -0.39 is 15.9 Å². The van der Waals surface area contributed by atoms with Gasteiger partial charge in [0.25, 0.3) is 5.91 Å². The van der Waals surface area contributed by atoms with E-state index in [0.717, 1.165) is 24.2 Å². The minimum atomic E-state index is -3.57. The summed E-state index contributed by atoms with van der Waals surface area (Å²) in [5, 5.41) is 4.11. The Hall–Kier alpha value is -2.71. The second-order valence-electron chi connectivity index (χ2n) is 6.51. The average molecular weight is 401 g/mol. The Morgan fingerprint density at radius 2 is 1.75 bits per heavy atom. The maximum absolute atomic E-state index is 12.7. The van der Waals surface area contributed by atoms with Crippen LogP contribution < -0.4 is 10.2 Å². The molecule has 8 heteroatoms. The van der Waals surface area contributed by atoms with Gasteiger partial charge in [0.1, 0.15) is 5.75 Å². The van der Waals surface area contributed by atoms with E-state index in [1.54, 1.807) is 26.2 Å². The number of rotatable bonds is 6. The highest BCUT2D eigenvalue weighted by molar-refractivity contribution is 7.89. The molecule has 0 bridgehead atoms. The summed E-state index contributed by atoms with van der Waals surface area (Å²) in [7, 11) is -1.98. The molecule has 1 saturated heterocycles. The number of hydrogen-bond acceptors (Lipinski definition) is 5. The number of ether oxygens (including phenoxy) is 1. The van der Waals surface area contributed by atoms with Crippen molar-refractivity contribution >= 4 is 21.6 Å². The number of nitrogens with one attached hydrogen (secondary N) is 1. The Morgan fingerprint density at radius 1 is 1.07 bits per heavy atom. The molecule has 7 nitrogen and oxygen atoms in total. The molecule has 1 aliphatic heterocycles. The van der Waals surface area contributed by atoms with Crippen LogP contribution in [0.25, 0.3) is 0 Å². The number of carbonyl (C=O) groups is 1. The van der Waals surface area contributed by atoms with Crippen LogP contribution in [-0.2, 0) is 10.0 Å². The third-order valence-corrected chi connectivity index (χ3v) is 6.53. The van der Waals surface area contributed by atoms with Crippen LogP contribution in [0.15, 0.2) is 58.5 Å². The molecule has 2 aromatic carbocycles. The number of hydrogen-bond donors (Lipinski definition) is 1. The van der Waals surface area contributed by atoms with E-state index in [0.29, 0.717) is 18.8 Å². The van der Waals surface area contributed by atoms with E-state index in [-0.39, 0.29) is 10.5 Å². The fourth-order valence-electron chi connectivity index (χ4n) is 2.97. The number of benzene rings is 2. The van der Waals surface area contributed by atoms with Gasteiger partial charge in [-0.2, -0.15) is 9.41 Å². The van der Waals surface area contributed by atoms with Gasteiger partial charge in [0.2, 0.25) is 10.0 Å². The maximum atomic E-state index is 12.7. The van der Waals surface area contributed by atoms with E-state index in [1.165, 1.54) is 16.4 Å². The van der Waals surface area contributed by atoms with Gasteiger partial charge in [-0.15, -0.1) is 0 Å². The van der Waals surface area contributed by atoms with Crippen molar-refractivity contribution in [1.29, 1.82) is 0 Å². The third kappa shape index (κ3) is 4.40. The molecule has 1 heterocycles. The van der Waals surface area contributed by atoms with Crippen LogP contribution in [0.4, 0.5) is 0 Å². The Balaban J connectivity index is 1.73. The zero-order valence-electron chi connectivity index (χ0n) is 15.9. The molecule has 2 aromatic rings. The molecule has 1 fully saturated rings. The van der Waals surface area contributed by atoms with Crippen LogP contribution in [0.2, 0.25) is 0 Å².